The fourth-order valence-corrected chi connectivity index (χ4v) is 2.79. The Balaban J connectivity index is 1.80. The fraction of sp³-hybridized carbons (Fsp3) is 0.294. The summed E-state index contributed by atoms with van der Waals surface area (Å²) < 4.78 is 43.7. The van der Waals surface area contributed by atoms with Crippen molar-refractivity contribution in [1.29, 1.82) is 0 Å². The van der Waals surface area contributed by atoms with Gasteiger partial charge in [-0.25, -0.2) is 4.79 Å². The molecule has 1 aliphatic heterocycles. The first kappa shape index (κ1) is 19.4. The second-order valence-electron chi connectivity index (χ2n) is 6.40. The molecule has 1 fully saturated rings. The molecule has 0 aliphatic carbocycles. The molecule has 4 amide bonds. The largest absolute Gasteiger partial charge is 0.416 e. The maximum atomic E-state index is 13.0. The zero-order chi connectivity index (χ0) is 20.7. The first-order valence-corrected chi connectivity index (χ1v) is 8.06. The molecule has 0 bridgehead atoms. The number of nitrogens with zero attached hydrogens (tertiary/aromatic N) is 2. The minimum Gasteiger partial charge on any atom is -0.360 e. The Morgan fingerprint density at radius 1 is 1.32 bits per heavy atom. The van der Waals surface area contributed by atoms with Crippen LogP contribution in [0, 0.1) is 6.92 Å². The average Bonchev–Trinajstić information content (AvgIpc) is 3.11. The molecule has 1 atom stereocenters. The highest BCUT2D eigenvalue weighted by atomic mass is 19.4. The van der Waals surface area contributed by atoms with Gasteiger partial charge in [0, 0.05) is 6.07 Å². The first-order chi connectivity index (χ1) is 13.0. The summed E-state index contributed by atoms with van der Waals surface area (Å²) in [6, 6.07) is 4.65. The fourth-order valence-electron chi connectivity index (χ4n) is 2.79. The van der Waals surface area contributed by atoms with Gasteiger partial charge in [0.25, 0.3) is 5.91 Å². The van der Waals surface area contributed by atoms with Gasteiger partial charge in [-0.2, -0.15) is 13.2 Å². The highest BCUT2D eigenvalue weighted by Crippen LogP contribution is 2.34. The van der Waals surface area contributed by atoms with Gasteiger partial charge in [0.15, 0.2) is 5.82 Å². The lowest BCUT2D eigenvalue weighted by molar-refractivity contribution is -0.138. The molecule has 0 radical (unpaired) electrons. The Labute approximate surface area is 156 Å². The minimum absolute atomic E-state index is 0.0456. The molecule has 0 saturated carbocycles. The highest BCUT2D eigenvalue weighted by Gasteiger charge is 2.50. The van der Waals surface area contributed by atoms with E-state index in [9.17, 15) is 27.6 Å². The van der Waals surface area contributed by atoms with E-state index in [4.69, 9.17) is 4.52 Å². The molecule has 8 nitrogen and oxygen atoms in total. The number of rotatable bonds is 4. The Morgan fingerprint density at radius 3 is 2.64 bits per heavy atom. The number of halogens is 3. The third-order valence-corrected chi connectivity index (χ3v) is 4.24. The van der Waals surface area contributed by atoms with Crippen LogP contribution in [0.5, 0.6) is 0 Å². The third-order valence-electron chi connectivity index (χ3n) is 4.24. The van der Waals surface area contributed by atoms with E-state index in [1.165, 1.54) is 19.1 Å². The number of hydrogen-bond donors (Lipinski definition) is 2. The summed E-state index contributed by atoms with van der Waals surface area (Å²) >= 11 is 0. The molecule has 1 aliphatic rings. The second-order valence-corrected chi connectivity index (χ2v) is 6.40. The van der Waals surface area contributed by atoms with Crippen LogP contribution < -0.4 is 10.6 Å². The zero-order valence-corrected chi connectivity index (χ0v) is 14.8. The van der Waals surface area contributed by atoms with Gasteiger partial charge in [-0.1, -0.05) is 17.3 Å². The summed E-state index contributed by atoms with van der Waals surface area (Å²) in [4.78, 5) is 37.7. The molecule has 2 N–H and O–H groups in total. The van der Waals surface area contributed by atoms with Crippen LogP contribution in [-0.4, -0.2) is 34.4 Å². The van der Waals surface area contributed by atoms with Crippen molar-refractivity contribution in [2.24, 2.45) is 0 Å². The number of nitrogens with one attached hydrogen (secondary N) is 2. The van der Waals surface area contributed by atoms with Crippen LogP contribution in [0.2, 0.25) is 0 Å². The van der Waals surface area contributed by atoms with E-state index in [1.54, 1.807) is 6.92 Å². The maximum absolute atomic E-state index is 13.0. The Bertz CT molecular complexity index is 956. The van der Waals surface area contributed by atoms with Gasteiger partial charge >= 0.3 is 12.2 Å². The van der Waals surface area contributed by atoms with E-state index in [0.29, 0.717) is 10.7 Å². The molecule has 0 spiro atoms. The molecule has 1 aromatic heterocycles. The molecule has 11 heteroatoms. The van der Waals surface area contributed by atoms with Gasteiger partial charge in [0.2, 0.25) is 5.91 Å². The minimum atomic E-state index is -4.60. The van der Waals surface area contributed by atoms with Crippen molar-refractivity contribution in [2.45, 2.75) is 25.6 Å². The van der Waals surface area contributed by atoms with E-state index in [-0.39, 0.29) is 11.4 Å². The number of anilines is 1. The Morgan fingerprint density at radius 2 is 2.04 bits per heavy atom. The van der Waals surface area contributed by atoms with E-state index < -0.39 is 41.7 Å². The number of aromatic nitrogens is 1. The van der Waals surface area contributed by atoms with Crippen molar-refractivity contribution in [2.75, 3.05) is 11.9 Å². The molecule has 2 heterocycles. The van der Waals surface area contributed by atoms with Crippen molar-refractivity contribution in [3.8, 4) is 0 Å². The number of imide groups is 1. The summed E-state index contributed by atoms with van der Waals surface area (Å²) in [6.45, 7) is 2.26. The normalized spacial score (nSPS) is 19.7. The highest BCUT2D eigenvalue weighted by molar-refractivity contribution is 6.10. The van der Waals surface area contributed by atoms with Crippen LogP contribution in [0.4, 0.5) is 23.8 Å². The van der Waals surface area contributed by atoms with Crippen LogP contribution in [0.3, 0.4) is 0 Å². The van der Waals surface area contributed by atoms with Crippen LogP contribution in [0.25, 0.3) is 0 Å². The number of amides is 4. The monoisotopic (exact) mass is 396 g/mol. The number of hydrogen-bond acceptors (Lipinski definition) is 5. The van der Waals surface area contributed by atoms with E-state index in [0.717, 1.165) is 18.2 Å². The standard InChI is InChI=1S/C17H15F3N4O4/c1-9-6-12(23-28-9)21-13(25)8-24-14(26)16(2,22-15(24)27)10-4-3-5-11(7-10)17(18,19)20/h3-7H,8H2,1-2H3,(H,22,27)(H,21,23,25)/t16-/m0/s1. The summed E-state index contributed by atoms with van der Waals surface area (Å²) in [7, 11) is 0. The first-order valence-electron chi connectivity index (χ1n) is 8.06. The Kier molecular flexibility index (Phi) is 4.61. The van der Waals surface area contributed by atoms with Crippen molar-refractivity contribution in [3.63, 3.8) is 0 Å². The lowest BCUT2D eigenvalue weighted by atomic mass is 9.90. The second kappa shape index (κ2) is 6.66. The van der Waals surface area contributed by atoms with Crippen LogP contribution in [-0.2, 0) is 21.3 Å². The van der Waals surface area contributed by atoms with Crippen LogP contribution in [0.1, 0.15) is 23.8 Å². The van der Waals surface area contributed by atoms with Crippen LogP contribution in [0.15, 0.2) is 34.9 Å². The molecule has 3 rings (SSSR count). The molecule has 2 aromatic rings. The number of alkyl halides is 3. The van der Waals surface area contributed by atoms with Gasteiger partial charge < -0.3 is 15.2 Å². The van der Waals surface area contributed by atoms with Crippen molar-refractivity contribution < 1.29 is 32.1 Å². The summed E-state index contributed by atoms with van der Waals surface area (Å²) in [6.07, 6.45) is -4.60. The predicted octanol–water partition coefficient (Wildman–Crippen LogP) is 2.41. The number of carbonyl (C=O) groups excluding carboxylic acids is 3. The molecule has 28 heavy (non-hydrogen) atoms. The van der Waals surface area contributed by atoms with E-state index >= 15 is 0 Å². The summed E-state index contributed by atoms with van der Waals surface area (Å²) in [5, 5.41) is 8.27. The van der Waals surface area contributed by atoms with Gasteiger partial charge in [-0.05, 0) is 31.5 Å². The van der Waals surface area contributed by atoms with Gasteiger partial charge in [0.05, 0.1) is 5.56 Å². The topological polar surface area (TPSA) is 105 Å². The number of benzene rings is 1. The van der Waals surface area contributed by atoms with E-state index in [2.05, 4.69) is 15.8 Å². The third kappa shape index (κ3) is 3.55. The maximum Gasteiger partial charge on any atom is 0.416 e. The van der Waals surface area contributed by atoms with Gasteiger partial charge in [-0.15, -0.1) is 0 Å². The molecular formula is C17H15F3N4O4. The number of carbonyl (C=O) groups is 3. The van der Waals surface area contributed by atoms with Gasteiger partial charge in [0.1, 0.15) is 17.8 Å². The summed E-state index contributed by atoms with van der Waals surface area (Å²) in [5.74, 6) is -1.01. The molecular weight excluding hydrogens is 381 g/mol. The van der Waals surface area contributed by atoms with Crippen molar-refractivity contribution >= 4 is 23.7 Å². The van der Waals surface area contributed by atoms with Gasteiger partial charge in [-0.3, -0.25) is 14.5 Å². The van der Waals surface area contributed by atoms with Crippen molar-refractivity contribution in [1.82, 2.24) is 15.4 Å². The molecule has 0 unspecified atom stereocenters. The quantitative estimate of drug-likeness (QED) is 0.773. The Hall–Kier alpha value is -3.37. The average molecular weight is 396 g/mol. The summed E-state index contributed by atoms with van der Waals surface area (Å²) in [5.41, 5.74) is -2.73. The number of urea groups is 1. The molecule has 1 aromatic carbocycles. The smallest absolute Gasteiger partial charge is 0.360 e. The van der Waals surface area contributed by atoms with Crippen molar-refractivity contribution in [3.05, 3.63) is 47.2 Å². The lowest BCUT2D eigenvalue weighted by Crippen LogP contribution is -2.42. The van der Waals surface area contributed by atoms with Crippen LogP contribution >= 0.6 is 0 Å². The predicted molar refractivity (Wildman–Crippen MR) is 88.9 cm³/mol. The lowest BCUT2D eigenvalue weighted by Gasteiger charge is -2.23. The molecule has 1 saturated heterocycles. The number of aryl methyl sites for hydroxylation is 1. The zero-order valence-electron chi connectivity index (χ0n) is 14.8. The van der Waals surface area contributed by atoms with E-state index in [1.807, 2.05) is 0 Å². The molecule has 148 valence electrons. The SMILES string of the molecule is Cc1cc(NC(=O)CN2C(=O)N[C@@](C)(c3cccc(C(F)(F)F)c3)C2=O)no1.